The number of benzene rings is 2. The first-order valence-corrected chi connectivity index (χ1v) is 11.7. The van der Waals surface area contributed by atoms with E-state index in [0.29, 0.717) is 35.0 Å². The highest BCUT2D eigenvalue weighted by Gasteiger charge is 2.19. The smallest absolute Gasteiger partial charge is 0.255 e. The van der Waals surface area contributed by atoms with Gasteiger partial charge in [-0.05, 0) is 49.2 Å². The Morgan fingerprint density at radius 2 is 2.09 bits per heavy atom. The van der Waals surface area contributed by atoms with Crippen LogP contribution in [0.2, 0.25) is 0 Å². The number of hydrogen-bond donors (Lipinski definition) is 1. The number of rotatable bonds is 6. The van der Waals surface area contributed by atoms with Crippen molar-refractivity contribution in [2.45, 2.75) is 38.8 Å². The van der Waals surface area contributed by atoms with Crippen LogP contribution in [-0.2, 0) is 19.6 Å². The second kappa shape index (κ2) is 9.50. The average molecular weight is 464 g/mol. The van der Waals surface area contributed by atoms with Crippen LogP contribution in [0.4, 0.5) is 10.1 Å². The Kier molecular flexibility index (Phi) is 6.12. The number of aromatic nitrogens is 4. The van der Waals surface area contributed by atoms with Gasteiger partial charge in [0, 0.05) is 29.6 Å². The Hall–Kier alpha value is -3.59. The van der Waals surface area contributed by atoms with Gasteiger partial charge < -0.3 is 14.6 Å². The summed E-state index contributed by atoms with van der Waals surface area (Å²) in [5.41, 5.74) is 3.83. The van der Waals surface area contributed by atoms with Crippen LogP contribution in [0.1, 0.15) is 41.1 Å². The molecule has 0 unspecified atom stereocenters. The molecule has 0 saturated heterocycles. The maximum Gasteiger partial charge on any atom is 0.255 e. The minimum atomic E-state index is -0.398. The Bertz CT molecular complexity index is 1270. The molecule has 2 aromatic heterocycles. The Balaban J connectivity index is 1.33. The standard InChI is InChI=1S/C24H22FN5O2S/c25-21-9-8-17(12-20(21)23-29-28-22-7-2-1-3-10-30(22)23)27-24(31)16-5-4-6-19(11-16)32-13-18-14-33-15-26-18/h4-6,8-9,11-12,14-15H,1-3,7,10,13H2,(H,27,31). The number of thiazole rings is 1. The quantitative estimate of drug-likeness (QED) is 0.430. The van der Waals surface area contributed by atoms with Gasteiger partial charge in [0.25, 0.3) is 5.91 Å². The monoisotopic (exact) mass is 463 g/mol. The van der Waals surface area contributed by atoms with Crippen LogP contribution >= 0.6 is 11.3 Å². The predicted molar refractivity (Wildman–Crippen MR) is 124 cm³/mol. The highest BCUT2D eigenvalue weighted by Crippen LogP contribution is 2.28. The predicted octanol–water partition coefficient (Wildman–Crippen LogP) is 5.10. The molecule has 5 rings (SSSR count). The average Bonchev–Trinajstić information content (AvgIpc) is 3.44. The van der Waals surface area contributed by atoms with Crippen LogP contribution in [0.3, 0.4) is 0 Å². The van der Waals surface area contributed by atoms with E-state index < -0.39 is 5.82 Å². The van der Waals surface area contributed by atoms with E-state index in [9.17, 15) is 9.18 Å². The van der Waals surface area contributed by atoms with Crippen molar-refractivity contribution >= 4 is 22.9 Å². The van der Waals surface area contributed by atoms with Crippen LogP contribution in [-0.4, -0.2) is 25.7 Å². The summed E-state index contributed by atoms with van der Waals surface area (Å²) in [6.45, 7) is 1.10. The van der Waals surface area contributed by atoms with Crippen molar-refractivity contribution in [1.82, 2.24) is 19.7 Å². The lowest BCUT2D eigenvalue weighted by atomic mass is 10.1. The normalized spacial score (nSPS) is 13.2. The van der Waals surface area contributed by atoms with E-state index in [-0.39, 0.29) is 5.91 Å². The lowest BCUT2D eigenvalue weighted by molar-refractivity contribution is 0.102. The lowest BCUT2D eigenvalue weighted by Gasteiger charge is -2.11. The molecule has 9 heteroatoms. The molecule has 1 aliphatic heterocycles. The molecular weight excluding hydrogens is 441 g/mol. The first-order valence-electron chi connectivity index (χ1n) is 10.8. The zero-order valence-electron chi connectivity index (χ0n) is 17.8. The number of nitrogens with zero attached hydrogens (tertiary/aromatic N) is 4. The SMILES string of the molecule is O=C(Nc1ccc(F)c(-c2nnc3n2CCCCC3)c1)c1cccc(OCc2cscn2)c1. The molecule has 1 amide bonds. The Morgan fingerprint density at radius 1 is 1.15 bits per heavy atom. The van der Waals surface area contributed by atoms with Crippen LogP contribution in [0.5, 0.6) is 5.75 Å². The topological polar surface area (TPSA) is 81.9 Å². The number of hydrogen-bond acceptors (Lipinski definition) is 6. The fourth-order valence-corrected chi connectivity index (χ4v) is 4.40. The van der Waals surface area contributed by atoms with Gasteiger partial charge in [-0.3, -0.25) is 4.79 Å². The van der Waals surface area contributed by atoms with E-state index in [1.54, 1.807) is 41.9 Å². The van der Waals surface area contributed by atoms with Crippen molar-refractivity contribution in [1.29, 1.82) is 0 Å². The third kappa shape index (κ3) is 4.78. The molecule has 1 aliphatic rings. The minimum Gasteiger partial charge on any atom is -0.487 e. The molecule has 0 fully saturated rings. The summed E-state index contributed by atoms with van der Waals surface area (Å²) < 4.78 is 22.4. The molecule has 1 N–H and O–H groups in total. The van der Waals surface area contributed by atoms with E-state index in [0.717, 1.165) is 43.7 Å². The number of ether oxygens (including phenoxy) is 1. The van der Waals surface area contributed by atoms with Gasteiger partial charge in [-0.25, -0.2) is 9.37 Å². The van der Waals surface area contributed by atoms with Crippen molar-refractivity contribution in [3.63, 3.8) is 0 Å². The maximum absolute atomic E-state index is 14.7. The third-order valence-electron chi connectivity index (χ3n) is 5.54. The number of anilines is 1. The summed E-state index contributed by atoms with van der Waals surface area (Å²) in [4.78, 5) is 17.0. The number of aryl methyl sites for hydroxylation is 1. The molecule has 4 aromatic rings. The summed E-state index contributed by atoms with van der Waals surface area (Å²) in [6, 6.07) is 11.4. The number of halogens is 1. The van der Waals surface area contributed by atoms with Crippen molar-refractivity contribution in [2.24, 2.45) is 0 Å². The molecule has 168 valence electrons. The Labute approximate surface area is 194 Å². The number of nitrogens with one attached hydrogen (secondary N) is 1. The van der Waals surface area contributed by atoms with Crippen molar-refractivity contribution in [3.05, 3.63) is 76.3 Å². The van der Waals surface area contributed by atoms with Crippen LogP contribution in [0.25, 0.3) is 11.4 Å². The zero-order valence-corrected chi connectivity index (χ0v) is 18.6. The third-order valence-corrected chi connectivity index (χ3v) is 6.18. The zero-order chi connectivity index (χ0) is 22.6. The van der Waals surface area contributed by atoms with E-state index in [1.807, 2.05) is 9.95 Å². The molecular formula is C24H22FN5O2S. The van der Waals surface area contributed by atoms with Gasteiger partial charge in [0.1, 0.15) is 24.0 Å². The van der Waals surface area contributed by atoms with Gasteiger partial charge in [0.15, 0.2) is 5.82 Å². The highest BCUT2D eigenvalue weighted by molar-refractivity contribution is 7.07. The molecule has 3 heterocycles. The van der Waals surface area contributed by atoms with Crippen LogP contribution < -0.4 is 10.1 Å². The fourth-order valence-electron chi connectivity index (χ4n) is 3.86. The van der Waals surface area contributed by atoms with Crippen molar-refractivity contribution < 1.29 is 13.9 Å². The van der Waals surface area contributed by atoms with E-state index in [1.165, 1.54) is 17.4 Å². The molecule has 2 aromatic carbocycles. The molecule has 0 bridgehead atoms. The van der Waals surface area contributed by atoms with E-state index >= 15 is 0 Å². The molecule has 0 saturated carbocycles. The van der Waals surface area contributed by atoms with Gasteiger partial charge in [-0.1, -0.05) is 12.5 Å². The molecule has 7 nitrogen and oxygen atoms in total. The maximum atomic E-state index is 14.7. The number of fused-ring (bicyclic) bond motifs is 1. The Morgan fingerprint density at radius 3 is 2.97 bits per heavy atom. The second-order valence-electron chi connectivity index (χ2n) is 7.85. The number of amides is 1. The van der Waals surface area contributed by atoms with Gasteiger partial charge in [-0.2, -0.15) is 0 Å². The van der Waals surface area contributed by atoms with Gasteiger partial charge in [-0.15, -0.1) is 21.5 Å². The fraction of sp³-hybridized carbons (Fsp3) is 0.250. The lowest BCUT2D eigenvalue weighted by Crippen LogP contribution is -2.12. The largest absolute Gasteiger partial charge is 0.487 e. The van der Waals surface area contributed by atoms with Crippen LogP contribution in [0, 0.1) is 5.82 Å². The minimum absolute atomic E-state index is 0.313. The summed E-state index contributed by atoms with van der Waals surface area (Å²) in [5, 5.41) is 13.3. The van der Waals surface area contributed by atoms with Gasteiger partial charge in [0.05, 0.1) is 16.8 Å². The second-order valence-corrected chi connectivity index (χ2v) is 8.57. The van der Waals surface area contributed by atoms with Gasteiger partial charge in [0.2, 0.25) is 0 Å². The van der Waals surface area contributed by atoms with Crippen LogP contribution in [0.15, 0.2) is 53.4 Å². The molecule has 0 atom stereocenters. The van der Waals surface area contributed by atoms with E-state index in [4.69, 9.17) is 4.74 Å². The summed E-state index contributed by atoms with van der Waals surface area (Å²) in [7, 11) is 0. The van der Waals surface area contributed by atoms with Gasteiger partial charge >= 0.3 is 0 Å². The summed E-state index contributed by atoms with van der Waals surface area (Å²) >= 11 is 1.50. The molecule has 0 aliphatic carbocycles. The number of carbonyl (C=O) groups is 1. The van der Waals surface area contributed by atoms with E-state index in [2.05, 4.69) is 20.5 Å². The molecule has 0 radical (unpaired) electrons. The highest BCUT2D eigenvalue weighted by atomic mass is 32.1. The van der Waals surface area contributed by atoms with Crippen molar-refractivity contribution in [2.75, 3.05) is 5.32 Å². The van der Waals surface area contributed by atoms with Crippen molar-refractivity contribution in [3.8, 4) is 17.1 Å². The first-order chi connectivity index (χ1) is 16.2. The number of carbonyl (C=O) groups excluding carboxylic acids is 1. The molecule has 33 heavy (non-hydrogen) atoms. The summed E-state index contributed by atoms with van der Waals surface area (Å²) in [5.74, 6) is 1.24. The first kappa shape index (κ1) is 21.3. The molecule has 0 spiro atoms. The summed E-state index contributed by atoms with van der Waals surface area (Å²) in [6.07, 6.45) is 4.03.